The van der Waals surface area contributed by atoms with E-state index in [0.29, 0.717) is 43.1 Å². The van der Waals surface area contributed by atoms with Crippen molar-refractivity contribution in [3.8, 4) is 17.2 Å². The molecule has 0 radical (unpaired) electrons. The van der Waals surface area contributed by atoms with Crippen molar-refractivity contribution in [2.24, 2.45) is 0 Å². The summed E-state index contributed by atoms with van der Waals surface area (Å²) in [6, 6.07) is 11.6. The van der Waals surface area contributed by atoms with Crippen LogP contribution in [0.25, 0.3) is 11.0 Å². The largest absolute Gasteiger partial charge is 0.493 e. The van der Waals surface area contributed by atoms with Gasteiger partial charge in [0.2, 0.25) is 11.7 Å². The highest BCUT2D eigenvalue weighted by molar-refractivity contribution is 5.77. The van der Waals surface area contributed by atoms with Crippen LogP contribution in [0, 0.1) is 0 Å². The standard InChI is InChI=1S/C21H25N3O4/c1-26-17-12-14(13-18(27-2)21(17)28-3)10-11-22-20(25)9-8-19-23-15-6-4-5-7-16(15)24-19/h4-7,12-13H,8-11H2,1-3H3,(H,22,25)(H,23,24). The predicted octanol–water partition coefficient (Wildman–Crippen LogP) is 2.88. The van der Waals surface area contributed by atoms with Crippen molar-refractivity contribution in [1.29, 1.82) is 0 Å². The molecular weight excluding hydrogens is 358 g/mol. The second kappa shape index (κ2) is 9.12. The Morgan fingerprint density at radius 2 is 1.75 bits per heavy atom. The Kier molecular flexibility index (Phi) is 6.37. The van der Waals surface area contributed by atoms with Gasteiger partial charge in [-0.1, -0.05) is 12.1 Å². The molecule has 1 amide bonds. The number of hydrogen-bond donors (Lipinski definition) is 2. The third kappa shape index (κ3) is 4.54. The third-order valence-corrected chi connectivity index (χ3v) is 4.49. The van der Waals surface area contributed by atoms with E-state index in [1.54, 1.807) is 21.3 Å². The number of nitrogens with zero attached hydrogens (tertiary/aromatic N) is 1. The number of benzene rings is 2. The Labute approximate surface area is 164 Å². The molecule has 2 aromatic carbocycles. The van der Waals surface area contributed by atoms with E-state index in [4.69, 9.17) is 14.2 Å². The van der Waals surface area contributed by atoms with E-state index < -0.39 is 0 Å². The highest BCUT2D eigenvalue weighted by atomic mass is 16.5. The molecule has 3 aromatic rings. The Morgan fingerprint density at radius 1 is 1.04 bits per heavy atom. The number of hydrogen-bond acceptors (Lipinski definition) is 5. The van der Waals surface area contributed by atoms with E-state index in [-0.39, 0.29) is 5.91 Å². The van der Waals surface area contributed by atoms with Crippen LogP contribution < -0.4 is 19.5 Å². The Hall–Kier alpha value is -3.22. The van der Waals surface area contributed by atoms with E-state index in [0.717, 1.165) is 22.4 Å². The first-order valence-corrected chi connectivity index (χ1v) is 9.13. The lowest BCUT2D eigenvalue weighted by Gasteiger charge is -2.14. The Bertz CT molecular complexity index is 894. The van der Waals surface area contributed by atoms with Crippen molar-refractivity contribution in [2.75, 3.05) is 27.9 Å². The zero-order valence-corrected chi connectivity index (χ0v) is 16.4. The van der Waals surface area contributed by atoms with Crippen molar-refractivity contribution in [2.45, 2.75) is 19.3 Å². The number of aryl methyl sites for hydroxylation is 1. The number of ether oxygens (including phenoxy) is 3. The van der Waals surface area contributed by atoms with E-state index in [1.807, 2.05) is 36.4 Å². The molecule has 0 saturated heterocycles. The SMILES string of the molecule is COc1cc(CCNC(=O)CCc2nc3ccccc3[nH]2)cc(OC)c1OC. The fourth-order valence-electron chi connectivity index (χ4n) is 3.07. The number of nitrogens with one attached hydrogen (secondary N) is 2. The van der Waals surface area contributed by atoms with Gasteiger partial charge in [-0.3, -0.25) is 4.79 Å². The topological polar surface area (TPSA) is 85.5 Å². The molecule has 0 unspecified atom stereocenters. The quantitative estimate of drug-likeness (QED) is 0.593. The number of imidazole rings is 1. The first-order chi connectivity index (χ1) is 13.6. The van der Waals surface area contributed by atoms with E-state index in [1.165, 1.54) is 0 Å². The molecule has 1 aromatic heterocycles. The smallest absolute Gasteiger partial charge is 0.220 e. The van der Waals surface area contributed by atoms with Crippen LogP contribution in [0.3, 0.4) is 0 Å². The summed E-state index contributed by atoms with van der Waals surface area (Å²) in [6.45, 7) is 0.525. The first-order valence-electron chi connectivity index (χ1n) is 9.13. The van der Waals surface area contributed by atoms with Crippen LogP contribution in [0.15, 0.2) is 36.4 Å². The van der Waals surface area contributed by atoms with Gasteiger partial charge in [-0.15, -0.1) is 0 Å². The normalized spacial score (nSPS) is 10.7. The molecule has 7 heteroatoms. The van der Waals surface area contributed by atoms with E-state index in [9.17, 15) is 4.79 Å². The summed E-state index contributed by atoms with van der Waals surface area (Å²) >= 11 is 0. The van der Waals surface area contributed by atoms with Crippen LogP contribution in [-0.2, 0) is 17.6 Å². The first kappa shape index (κ1) is 19.5. The minimum absolute atomic E-state index is 0.00658. The number of rotatable bonds is 9. The Morgan fingerprint density at radius 3 is 2.39 bits per heavy atom. The second-order valence-corrected chi connectivity index (χ2v) is 6.33. The van der Waals surface area contributed by atoms with Gasteiger partial charge in [-0.2, -0.15) is 0 Å². The van der Waals surface area contributed by atoms with Gasteiger partial charge in [-0.25, -0.2) is 4.98 Å². The van der Waals surface area contributed by atoms with Crippen molar-refractivity contribution in [3.05, 3.63) is 47.8 Å². The van der Waals surface area contributed by atoms with Crippen LogP contribution >= 0.6 is 0 Å². The number of carbonyl (C=O) groups is 1. The summed E-state index contributed by atoms with van der Waals surface area (Å²) in [4.78, 5) is 19.9. The number of fused-ring (bicyclic) bond motifs is 1. The molecule has 0 saturated carbocycles. The molecule has 0 spiro atoms. The van der Waals surface area contributed by atoms with Gasteiger partial charge in [0.15, 0.2) is 11.5 Å². The molecule has 3 rings (SSSR count). The number of aromatic nitrogens is 2. The molecule has 0 bridgehead atoms. The van der Waals surface area contributed by atoms with Gasteiger partial charge in [0.25, 0.3) is 0 Å². The lowest BCUT2D eigenvalue weighted by molar-refractivity contribution is -0.121. The number of methoxy groups -OCH3 is 3. The fraction of sp³-hybridized carbons (Fsp3) is 0.333. The molecule has 28 heavy (non-hydrogen) atoms. The summed E-state index contributed by atoms with van der Waals surface area (Å²) in [5.41, 5.74) is 2.90. The van der Waals surface area contributed by atoms with Crippen LogP contribution in [0.2, 0.25) is 0 Å². The molecule has 0 fully saturated rings. The van der Waals surface area contributed by atoms with Crippen LogP contribution in [-0.4, -0.2) is 43.7 Å². The number of aromatic amines is 1. The van der Waals surface area contributed by atoms with E-state index >= 15 is 0 Å². The molecule has 0 aliphatic rings. The number of para-hydroxylation sites is 2. The number of carbonyl (C=O) groups excluding carboxylic acids is 1. The zero-order valence-electron chi connectivity index (χ0n) is 16.4. The summed E-state index contributed by atoms with van der Waals surface area (Å²) in [6.07, 6.45) is 1.62. The van der Waals surface area contributed by atoms with Crippen LogP contribution in [0.4, 0.5) is 0 Å². The minimum atomic E-state index is -0.00658. The van der Waals surface area contributed by atoms with Gasteiger partial charge in [0, 0.05) is 19.4 Å². The fourth-order valence-corrected chi connectivity index (χ4v) is 3.07. The third-order valence-electron chi connectivity index (χ3n) is 4.49. The predicted molar refractivity (Wildman–Crippen MR) is 107 cm³/mol. The summed E-state index contributed by atoms with van der Waals surface area (Å²) in [7, 11) is 4.74. The molecule has 1 heterocycles. The molecule has 0 atom stereocenters. The monoisotopic (exact) mass is 383 g/mol. The lowest BCUT2D eigenvalue weighted by atomic mass is 10.1. The lowest BCUT2D eigenvalue weighted by Crippen LogP contribution is -2.26. The molecule has 0 aliphatic carbocycles. The summed E-state index contributed by atoms with van der Waals surface area (Å²) < 4.78 is 16.0. The van der Waals surface area contributed by atoms with Crippen LogP contribution in [0.1, 0.15) is 17.8 Å². The second-order valence-electron chi connectivity index (χ2n) is 6.33. The number of H-pyrrole nitrogens is 1. The average Bonchev–Trinajstić information content (AvgIpc) is 3.14. The maximum atomic E-state index is 12.1. The number of amides is 1. The summed E-state index contributed by atoms with van der Waals surface area (Å²) in [5, 5.41) is 2.95. The van der Waals surface area contributed by atoms with Gasteiger partial charge in [0.05, 0.1) is 32.4 Å². The molecule has 0 aliphatic heterocycles. The minimum Gasteiger partial charge on any atom is -0.493 e. The van der Waals surface area contributed by atoms with Gasteiger partial charge in [-0.05, 0) is 36.2 Å². The summed E-state index contributed by atoms with van der Waals surface area (Å²) in [5.74, 6) is 2.58. The van der Waals surface area contributed by atoms with Crippen molar-refractivity contribution >= 4 is 16.9 Å². The molecule has 148 valence electrons. The van der Waals surface area contributed by atoms with Crippen molar-refractivity contribution in [1.82, 2.24) is 15.3 Å². The molecular formula is C21H25N3O4. The molecule has 7 nitrogen and oxygen atoms in total. The zero-order chi connectivity index (χ0) is 19.9. The maximum Gasteiger partial charge on any atom is 0.220 e. The van der Waals surface area contributed by atoms with Crippen molar-refractivity contribution < 1.29 is 19.0 Å². The van der Waals surface area contributed by atoms with E-state index in [2.05, 4.69) is 15.3 Å². The Balaban J connectivity index is 1.51. The van der Waals surface area contributed by atoms with Crippen LogP contribution in [0.5, 0.6) is 17.2 Å². The van der Waals surface area contributed by atoms with Gasteiger partial charge in [0.1, 0.15) is 5.82 Å². The van der Waals surface area contributed by atoms with Gasteiger partial charge >= 0.3 is 0 Å². The highest BCUT2D eigenvalue weighted by Gasteiger charge is 2.13. The molecule has 2 N–H and O–H groups in total. The average molecular weight is 383 g/mol. The maximum absolute atomic E-state index is 12.1. The highest BCUT2D eigenvalue weighted by Crippen LogP contribution is 2.38. The van der Waals surface area contributed by atoms with Gasteiger partial charge < -0.3 is 24.5 Å². The van der Waals surface area contributed by atoms with Crippen molar-refractivity contribution in [3.63, 3.8) is 0 Å².